The van der Waals surface area contributed by atoms with E-state index in [9.17, 15) is 0 Å². The van der Waals surface area contributed by atoms with E-state index in [0.29, 0.717) is 17.5 Å². The maximum Gasteiger partial charge on any atom is 0.164 e. The summed E-state index contributed by atoms with van der Waals surface area (Å²) in [5, 5.41) is 2.11. The van der Waals surface area contributed by atoms with Gasteiger partial charge < -0.3 is 4.42 Å². The van der Waals surface area contributed by atoms with Crippen molar-refractivity contribution in [1.82, 2.24) is 15.0 Å². The van der Waals surface area contributed by atoms with Gasteiger partial charge in [0.05, 0.1) is 0 Å². The van der Waals surface area contributed by atoms with Crippen LogP contribution in [0.1, 0.15) is 0 Å². The van der Waals surface area contributed by atoms with Crippen LogP contribution in [0, 0.1) is 0 Å². The summed E-state index contributed by atoms with van der Waals surface area (Å²) in [4.78, 5) is 14.9. The number of aromatic nitrogens is 3. The van der Waals surface area contributed by atoms with Crippen LogP contribution < -0.4 is 0 Å². The van der Waals surface area contributed by atoms with Gasteiger partial charge in [0.1, 0.15) is 11.2 Å². The number of para-hydroxylation sites is 1. The summed E-state index contributed by atoms with van der Waals surface area (Å²) in [6, 6.07) is 60.7. The Morgan fingerprint density at radius 3 is 1.31 bits per heavy atom. The van der Waals surface area contributed by atoms with E-state index in [-0.39, 0.29) is 0 Å². The topological polar surface area (TPSA) is 51.8 Å². The van der Waals surface area contributed by atoms with Crippen LogP contribution in [0.2, 0.25) is 0 Å². The molecule has 7 aromatic carbocycles. The summed E-state index contributed by atoms with van der Waals surface area (Å²) in [5.41, 5.74) is 11.6. The number of hydrogen-bond donors (Lipinski definition) is 0. The molecule has 0 saturated heterocycles. The molecule has 0 radical (unpaired) electrons. The smallest absolute Gasteiger partial charge is 0.164 e. The second kappa shape index (κ2) is 12.2. The average molecular weight is 628 g/mol. The van der Waals surface area contributed by atoms with Crippen molar-refractivity contribution < 1.29 is 4.42 Å². The van der Waals surface area contributed by atoms with E-state index in [4.69, 9.17) is 19.4 Å². The van der Waals surface area contributed by atoms with Gasteiger partial charge in [0.25, 0.3) is 0 Å². The van der Waals surface area contributed by atoms with Crippen LogP contribution in [-0.4, -0.2) is 15.0 Å². The number of furan rings is 1. The molecule has 0 aliphatic carbocycles. The lowest BCUT2D eigenvalue weighted by Crippen LogP contribution is -2.00. The van der Waals surface area contributed by atoms with Crippen LogP contribution in [0.5, 0.6) is 0 Å². The monoisotopic (exact) mass is 627 g/mol. The zero-order chi connectivity index (χ0) is 32.6. The van der Waals surface area contributed by atoms with Crippen LogP contribution in [0.3, 0.4) is 0 Å². The predicted molar refractivity (Wildman–Crippen MR) is 200 cm³/mol. The van der Waals surface area contributed by atoms with Crippen molar-refractivity contribution in [2.24, 2.45) is 0 Å². The second-order valence-electron chi connectivity index (χ2n) is 12.1. The summed E-state index contributed by atoms with van der Waals surface area (Å²) in [6.07, 6.45) is 0. The van der Waals surface area contributed by atoms with Crippen molar-refractivity contribution in [2.45, 2.75) is 0 Å². The summed E-state index contributed by atoms with van der Waals surface area (Å²) >= 11 is 0. The van der Waals surface area contributed by atoms with E-state index in [1.165, 1.54) is 22.3 Å². The van der Waals surface area contributed by atoms with Crippen LogP contribution in [0.4, 0.5) is 0 Å². The molecule has 49 heavy (non-hydrogen) atoms. The van der Waals surface area contributed by atoms with E-state index in [0.717, 1.165) is 49.8 Å². The Bertz CT molecular complexity index is 2570. The van der Waals surface area contributed by atoms with Gasteiger partial charge in [-0.3, -0.25) is 0 Å². The maximum atomic E-state index is 6.07. The normalized spacial score (nSPS) is 11.3. The molecular weight excluding hydrogens is 599 g/mol. The van der Waals surface area contributed by atoms with Crippen LogP contribution >= 0.6 is 0 Å². The summed E-state index contributed by atoms with van der Waals surface area (Å²) in [6.45, 7) is 0. The molecule has 2 heterocycles. The Kier molecular flexibility index (Phi) is 7.10. The Hall–Kier alpha value is -6.65. The number of fused-ring (bicyclic) bond motifs is 3. The van der Waals surface area contributed by atoms with Crippen molar-refractivity contribution in [3.63, 3.8) is 0 Å². The minimum atomic E-state index is 0.618. The number of hydrogen-bond acceptors (Lipinski definition) is 4. The molecule has 0 aliphatic rings. The van der Waals surface area contributed by atoms with Gasteiger partial charge in [-0.2, -0.15) is 0 Å². The molecule has 0 fully saturated rings. The van der Waals surface area contributed by atoms with Gasteiger partial charge in [-0.1, -0.05) is 146 Å². The first-order chi connectivity index (χ1) is 24.2. The standard InChI is InChI=1S/C45H29N3O/c1-3-10-30(11-4-1)36-14-9-15-37(28-36)33-20-18-31(19-21-33)32-22-24-35(25-23-32)44-46-43(34-12-5-2-6-13-34)47-45(48-44)38-26-27-42-40(29-38)39-16-7-8-17-41(39)49-42/h1-29H. The predicted octanol–water partition coefficient (Wildman–Crippen LogP) is 11.8. The molecule has 0 spiro atoms. The van der Waals surface area contributed by atoms with Crippen molar-refractivity contribution in [2.75, 3.05) is 0 Å². The third kappa shape index (κ3) is 5.56. The molecule has 4 heteroatoms. The first kappa shape index (κ1) is 28.6. The van der Waals surface area contributed by atoms with Gasteiger partial charge in [-0.05, 0) is 63.7 Å². The van der Waals surface area contributed by atoms with Gasteiger partial charge in [0, 0.05) is 27.5 Å². The van der Waals surface area contributed by atoms with Crippen molar-refractivity contribution in [1.29, 1.82) is 0 Å². The highest BCUT2D eigenvalue weighted by Crippen LogP contribution is 2.34. The van der Waals surface area contributed by atoms with Crippen molar-refractivity contribution in [3.8, 4) is 67.5 Å². The van der Waals surface area contributed by atoms with Crippen molar-refractivity contribution >= 4 is 21.9 Å². The average Bonchev–Trinajstić information content (AvgIpc) is 3.57. The van der Waals surface area contributed by atoms with Crippen LogP contribution in [0.15, 0.2) is 180 Å². The fourth-order valence-corrected chi connectivity index (χ4v) is 6.39. The van der Waals surface area contributed by atoms with Gasteiger partial charge in [-0.25, -0.2) is 15.0 Å². The van der Waals surface area contributed by atoms with Gasteiger partial charge >= 0.3 is 0 Å². The number of rotatable bonds is 6. The minimum Gasteiger partial charge on any atom is -0.456 e. The molecule has 0 bridgehead atoms. The van der Waals surface area contributed by atoms with Gasteiger partial charge in [0.2, 0.25) is 0 Å². The van der Waals surface area contributed by atoms with E-state index >= 15 is 0 Å². The number of nitrogens with zero attached hydrogens (tertiary/aromatic N) is 3. The Morgan fingerprint density at radius 1 is 0.265 bits per heavy atom. The van der Waals surface area contributed by atoms with Crippen LogP contribution in [0.25, 0.3) is 89.5 Å². The highest BCUT2D eigenvalue weighted by molar-refractivity contribution is 6.06. The minimum absolute atomic E-state index is 0.618. The molecule has 0 saturated carbocycles. The summed E-state index contributed by atoms with van der Waals surface area (Å²) in [5.74, 6) is 1.88. The molecule has 0 unspecified atom stereocenters. The first-order valence-corrected chi connectivity index (χ1v) is 16.4. The third-order valence-corrected chi connectivity index (χ3v) is 8.97. The highest BCUT2D eigenvalue weighted by Gasteiger charge is 2.15. The molecule has 9 rings (SSSR count). The zero-order valence-corrected chi connectivity index (χ0v) is 26.5. The Morgan fingerprint density at radius 2 is 0.673 bits per heavy atom. The third-order valence-electron chi connectivity index (χ3n) is 8.97. The molecule has 9 aromatic rings. The fourth-order valence-electron chi connectivity index (χ4n) is 6.39. The quantitative estimate of drug-likeness (QED) is 0.184. The molecule has 4 nitrogen and oxygen atoms in total. The fraction of sp³-hybridized carbons (Fsp3) is 0. The second-order valence-corrected chi connectivity index (χ2v) is 12.1. The molecule has 0 atom stereocenters. The Labute approximate surface area is 284 Å². The largest absolute Gasteiger partial charge is 0.456 e. The first-order valence-electron chi connectivity index (χ1n) is 16.4. The van der Waals surface area contributed by atoms with E-state index in [2.05, 4.69) is 109 Å². The molecule has 2 aromatic heterocycles. The lowest BCUT2D eigenvalue weighted by Gasteiger charge is -2.10. The van der Waals surface area contributed by atoms with Gasteiger partial charge in [0.15, 0.2) is 17.5 Å². The molecular formula is C45H29N3O. The summed E-state index contributed by atoms with van der Waals surface area (Å²) in [7, 11) is 0. The SMILES string of the molecule is c1ccc(-c2cccc(-c3ccc(-c4ccc(-c5nc(-c6ccccc6)nc(-c6ccc7oc8ccccc8c7c6)n5)cc4)cc3)c2)cc1. The highest BCUT2D eigenvalue weighted by atomic mass is 16.3. The van der Waals surface area contributed by atoms with E-state index < -0.39 is 0 Å². The van der Waals surface area contributed by atoms with Crippen LogP contribution in [-0.2, 0) is 0 Å². The molecule has 0 N–H and O–H groups in total. The van der Waals surface area contributed by atoms with Gasteiger partial charge in [-0.15, -0.1) is 0 Å². The lowest BCUT2D eigenvalue weighted by molar-refractivity contribution is 0.669. The lowest BCUT2D eigenvalue weighted by atomic mass is 9.97. The molecule has 0 aliphatic heterocycles. The Balaban J connectivity index is 1.05. The summed E-state index contributed by atoms with van der Waals surface area (Å²) < 4.78 is 6.07. The molecule has 230 valence electrons. The zero-order valence-electron chi connectivity index (χ0n) is 26.5. The number of benzene rings is 7. The maximum absolute atomic E-state index is 6.07. The van der Waals surface area contributed by atoms with E-state index in [1.54, 1.807) is 0 Å². The van der Waals surface area contributed by atoms with Crippen molar-refractivity contribution in [3.05, 3.63) is 176 Å². The van der Waals surface area contributed by atoms with E-state index in [1.807, 2.05) is 66.7 Å². The molecule has 0 amide bonds.